The molecule has 0 bridgehead atoms. The average Bonchev–Trinajstić information content (AvgIpc) is 2.76. The van der Waals surface area contributed by atoms with Crippen LogP contribution in [0.25, 0.3) is 0 Å². The van der Waals surface area contributed by atoms with Gasteiger partial charge in [-0.25, -0.2) is 13.1 Å². The van der Waals surface area contributed by atoms with Crippen LogP contribution in [0.2, 0.25) is 0 Å². The van der Waals surface area contributed by atoms with Gasteiger partial charge in [0.2, 0.25) is 10.0 Å². The fourth-order valence-electron chi connectivity index (χ4n) is 1.41. The summed E-state index contributed by atoms with van der Waals surface area (Å²) in [6.07, 6.45) is 1.66. The number of nitrogens with one attached hydrogen (secondary N) is 1. The number of hydrogen-bond donors (Lipinski definition) is 2. The lowest BCUT2D eigenvalue weighted by Gasteiger charge is -2.10. The highest BCUT2D eigenvalue weighted by Gasteiger charge is 2.17. The summed E-state index contributed by atoms with van der Waals surface area (Å²) in [6, 6.07) is 3.43. The van der Waals surface area contributed by atoms with Crippen LogP contribution in [0.3, 0.4) is 0 Å². The highest BCUT2D eigenvalue weighted by molar-refractivity contribution is 7.91. The molecule has 1 rings (SSSR count). The number of sulfonamides is 1. The Bertz CT molecular complexity index is 439. The number of hydrogen-bond acceptors (Lipinski definition) is 4. The van der Waals surface area contributed by atoms with Crippen molar-refractivity contribution in [1.82, 2.24) is 4.72 Å². The van der Waals surface area contributed by atoms with Crippen LogP contribution in [0.15, 0.2) is 16.3 Å². The number of aliphatic hydroxyl groups is 1. The zero-order valence-corrected chi connectivity index (χ0v) is 11.8. The molecule has 0 radical (unpaired) electrons. The summed E-state index contributed by atoms with van der Waals surface area (Å²) in [4.78, 5) is 1.04. The molecule has 0 spiro atoms. The van der Waals surface area contributed by atoms with E-state index in [2.05, 4.69) is 4.72 Å². The Kier molecular flexibility index (Phi) is 5.58. The van der Waals surface area contributed by atoms with Crippen LogP contribution in [0.4, 0.5) is 0 Å². The van der Waals surface area contributed by atoms with E-state index in [0.717, 1.165) is 17.7 Å². The quantitative estimate of drug-likeness (QED) is 0.798. The van der Waals surface area contributed by atoms with E-state index in [0.29, 0.717) is 10.6 Å². The predicted octanol–water partition coefficient (Wildman–Crippen LogP) is 1.75. The highest BCUT2D eigenvalue weighted by Crippen LogP contribution is 2.21. The van der Waals surface area contributed by atoms with Crippen molar-refractivity contribution in [3.8, 4) is 0 Å². The molecule has 2 N–H and O–H groups in total. The second-order valence-electron chi connectivity index (χ2n) is 3.87. The summed E-state index contributed by atoms with van der Waals surface area (Å²) in [7, 11) is -3.45. The molecule has 1 heterocycles. The zero-order valence-electron chi connectivity index (χ0n) is 10.1. The third kappa shape index (κ3) is 4.39. The van der Waals surface area contributed by atoms with Crippen molar-refractivity contribution in [1.29, 1.82) is 0 Å². The maximum Gasteiger partial charge on any atom is 0.250 e. The molecule has 17 heavy (non-hydrogen) atoms. The molecule has 6 heteroatoms. The van der Waals surface area contributed by atoms with Crippen LogP contribution in [0.1, 0.15) is 31.6 Å². The van der Waals surface area contributed by atoms with E-state index in [1.165, 1.54) is 11.3 Å². The minimum Gasteiger partial charge on any atom is -0.392 e. The molecular formula is C11H19NO3S2. The Morgan fingerprint density at radius 1 is 1.41 bits per heavy atom. The van der Waals surface area contributed by atoms with Crippen LogP contribution in [-0.4, -0.2) is 26.2 Å². The van der Waals surface area contributed by atoms with Gasteiger partial charge in [-0.1, -0.05) is 20.3 Å². The van der Waals surface area contributed by atoms with E-state index in [9.17, 15) is 13.5 Å². The van der Waals surface area contributed by atoms with Gasteiger partial charge in [0.05, 0.1) is 6.10 Å². The topological polar surface area (TPSA) is 66.4 Å². The normalized spacial score (nSPS) is 13.8. The molecule has 1 unspecified atom stereocenters. The molecule has 0 aliphatic rings. The van der Waals surface area contributed by atoms with Gasteiger partial charge in [-0.2, -0.15) is 0 Å². The highest BCUT2D eigenvalue weighted by atomic mass is 32.2. The minimum atomic E-state index is -3.45. The summed E-state index contributed by atoms with van der Waals surface area (Å²) >= 11 is 1.27. The van der Waals surface area contributed by atoms with E-state index >= 15 is 0 Å². The summed E-state index contributed by atoms with van der Waals surface area (Å²) in [5.41, 5.74) is 0. The Morgan fingerprint density at radius 2 is 2.12 bits per heavy atom. The second kappa shape index (κ2) is 6.49. The number of thiophene rings is 1. The van der Waals surface area contributed by atoms with E-state index < -0.39 is 16.1 Å². The predicted molar refractivity (Wildman–Crippen MR) is 69.8 cm³/mol. The summed E-state index contributed by atoms with van der Waals surface area (Å²) < 4.78 is 26.5. The van der Waals surface area contributed by atoms with Gasteiger partial charge in [0, 0.05) is 11.4 Å². The van der Waals surface area contributed by atoms with Crippen molar-refractivity contribution in [2.24, 2.45) is 0 Å². The van der Waals surface area contributed by atoms with Gasteiger partial charge in [0.1, 0.15) is 4.21 Å². The maximum atomic E-state index is 11.9. The average molecular weight is 277 g/mol. The van der Waals surface area contributed by atoms with Crippen LogP contribution < -0.4 is 4.72 Å². The van der Waals surface area contributed by atoms with Gasteiger partial charge in [-0.05, 0) is 25.0 Å². The monoisotopic (exact) mass is 277 g/mol. The van der Waals surface area contributed by atoms with Gasteiger partial charge >= 0.3 is 0 Å². The first-order valence-electron chi connectivity index (χ1n) is 5.76. The minimum absolute atomic E-state index is 0.0789. The maximum absolute atomic E-state index is 11.9. The molecule has 0 aromatic carbocycles. The molecule has 0 aliphatic heterocycles. The van der Waals surface area contributed by atoms with Crippen LogP contribution in [-0.2, 0) is 16.4 Å². The van der Waals surface area contributed by atoms with Gasteiger partial charge in [0.15, 0.2) is 0 Å². The number of aliphatic hydroxyl groups excluding tert-OH is 1. The van der Waals surface area contributed by atoms with Crippen molar-refractivity contribution in [3.63, 3.8) is 0 Å². The standard InChI is InChI=1S/C11H19NO3S2/c1-3-5-9(13)8-12-17(14,15)11-7-6-10(4-2)16-11/h6-7,9,12-13H,3-5,8H2,1-2H3. The molecule has 98 valence electrons. The van der Waals surface area contributed by atoms with E-state index in [-0.39, 0.29) is 6.54 Å². The van der Waals surface area contributed by atoms with Crippen molar-refractivity contribution in [2.45, 2.75) is 43.4 Å². The van der Waals surface area contributed by atoms with E-state index in [1.807, 2.05) is 19.9 Å². The van der Waals surface area contributed by atoms with Crippen molar-refractivity contribution in [3.05, 3.63) is 17.0 Å². The lowest BCUT2D eigenvalue weighted by molar-refractivity contribution is 0.167. The van der Waals surface area contributed by atoms with Gasteiger partial charge < -0.3 is 5.11 Å². The Morgan fingerprint density at radius 3 is 2.65 bits per heavy atom. The molecule has 0 saturated heterocycles. The van der Waals surface area contributed by atoms with Gasteiger partial charge in [0.25, 0.3) is 0 Å². The van der Waals surface area contributed by atoms with Crippen LogP contribution >= 0.6 is 11.3 Å². The van der Waals surface area contributed by atoms with Crippen LogP contribution in [0.5, 0.6) is 0 Å². The molecule has 1 aromatic rings. The fraction of sp³-hybridized carbons (Fsp3) is 0.636. The molecule has 1 atom stereocenters. The first kappa shape index (κ1) is 14.6. The molecule has 1 aromatic heterocycles. The Labute approximate surface area is 107 Å². The van der Waals surface area contributed by atoms with E-state index in [1.54, 1.807) is 6.07 Å². The third-order valence-electron chi connectivity index (χ3n) is 2.38. The lowest BCUT2D eigenvalue weighted by Crippen LogP contribution is -2.31. The van der Waals surface area contributed by atoms with Crippen molar-refractivity contribution >= 4 is 21.4 Å². The van der Waals surface area contributed by atoms with Crippen molar-refractivity contribution in [2.75, 3.05) is 6.54 Å². The Hall–Kier alpha value is -0.430. The van der Waals surface area contributed by atoms with Gasteiger partial charge in [-0.15, -0.1) is 11.3 Å². The third-order valence-corrected chi connectivity index (χ3v) is 5.53. The SMILES string of the molecule is CCCC(O)CNS(=O)(=O)c1ccc(CC)s1. The number of aryl methyl sites for hydroxylation is 1. The van der Waals surface area contributed by atoms with Crippen molar-refractivity contribution < 1.29 is 13.5 Å². The second-order valence-corrected chi connectivity index (χ2v) is 7.03. The molecule has 0 saturated carbocycles. The summed E-state index contributed by atoms with van der Waals surface area (Å²) in [6.45, 7) is 4.01. The van der Waals surface area contributed by atoms with E-state index in [4.69, 9.17) is 0 Å². The molecule has 0 amide bonds. The molecule has 4 nitrogen and oxygen atoms in total. The molecule has 0 fully saturated rings. The summed E-state index contributed by atoms with van der Waals surface area (Å²) in [5.74, 6) is 0. The largest absolute Gasteiger partial charge is 0.392 e. The zero-order chi connectivity index (χ0) is 12.9. The smallest absolute Gasteiger partial charge is 0.250 e. The first-order chi connectivity index (χ1) is 7.99. The number of rotatable bonds is 7. The summed E-state index contributed by atoms with van der Waals surface area (Å²) in [5, 5.41) is 9.49. The molecular weight excluding hydrogens is 258 g/mol. The Balaban J connectivity index is 2.62. The molecule has 0 aliphatic carbocycles. The first-order valence-corrected chi connectivity index (χ1v) is 8.06. The van der Waals surface area contributed by atoms with Gasteiger partial charge in [-0.3, -0.25) is 0 Å². The lowest BCUT2D eigenvalue weighted by atomic mass is 10.2. The fourth-order valence-corrected chi connectivity index (χ4v) is 3.82. The van der Waals surface area contributed by atoms with Crippen LogP contribution in [0, 0.1) is 0 Å².